The Hall–Kier alpha value is -3.70. The summed E-state index contributed by atoms with van der Waals surface area (Å²) in [6.45, 7) is 11.6. The largest absolute Gasteiger partial charge is 0.460 e. The molecule has 0 aliphatic carbocycles. The van der Waals surface area contributed by atoms with Crippen molar-refractivity contribution in [3.8, 4) is 0 Å². The number of nitrogens with zero attached hydrogens (tertiary/aromatic N) is 3. The van der Waals surface area contributed by atoms with Gasteiger partial charge in [-0.15, -0.1) is 0 Å². The number of hydrogen-bond acceptors (Lipinski definition) is 8. The lowest BCUT2D eigenvalue weighted by atomic mass is 9.78. The number of aliphatic hydroxyl groups excluding tert-OH is 1. The summed E-state index contributed by atoms with van der Waals surface area (Å²) in [5, 5.41) is 13.4. The topological polar surface area (TPSA) is 129 Å². The summed E-state index contributed by atoms with van der Waals surface area (Å²) < 4.78 is 12.5. The molecule has 4 aliphatic heterocycles. The minimum atomic E-state index is -1.47. The third kappa shape index (κ3) is 6.19. The number of carbonyl (C=O) groups is 4. The zero-order valence-corrected chi connectivity index (χ0v) is 27.6. The molecular weight excluding hydrogens is 588 g/mol. The first-order chi connectivity index (χ1) is 22.1. The lowest BCUT2D eigenvalue weighted by Gasteiger charge is -2.39. The normalized spacial score (nSPS) is 31.2. The Balaban J connectivity index is 1.59. The van der Waals surface area contributed by atoms with Gasteiger partial charge in [0.25, 0.3) is 5.91 Å². The molecule has 0 radical (unpaired) electrons. The number of carbonyl (C=O) groups excluding carboxylic acids is 4. The van der Waals surface area contributed by atoms with Crippen molar-refractivity contribution in [3.05, 3.63) is 48.6 Å². The van der Waals surface area contributed by atoms with E-state index < -0.39 is 53.6 Å². The standard InChI is InChI=1S/C35H48N4O7/c1-6-37(7-2)24-13-15-25(16-14-24)38-18-10-17-35-30(32(42)39(31(35)33(38)43)26(21-40)19-22(3)4)29-27(46-35)11-8-9-12-28(41)36-20-23(5)45-34(29)44/h8,10-11,13-17,22-23,26-27,29-31,40H,6-7,9,12,18-21H2,1-5H3,(H,36,41)/b11-8-/t23-,26+,27-,29+,30+,31-,35+/m0/s1. The number of amides is 3. The minimum Gasteiger partial charge on any atom is -0.460 e. The Bertz CT molecular complexity index is 1360. The van der Waals surface area contributed by atoms with Crippen LogP contribution >= 0.6 is 0 Å². The van der Waals surface area contributed by atoms with E-state index in [0.717, 1.165) is 18.8 Å². The van der Waals surface area contributed by atoms with Gasteiger partial charge in [-0.25, -0.2) is 0 Å². The molecule has 0 aromatic heterocycles. The molecule has 0 saturated carbocycles. The van der Waals surface area contributed by atoms with Crippen LogP contribution in [0.25, 0.3) is 0 Å². The number of allylic oxidation sites excluding steroid dienone is 1. The summed E-state index contributed by atoms with van der Waals surface area (Å²) >= 11 is 0. The summed E-state index contributed by atoms with van der Waals surface area (Å²) in [6, 6.07) is 6.02. The smallest absolute Gasteiger partial charge is 0.313 e. The number of esters is 1. The molecule has 4 aliphatic rings. The van der Waals surface area contributed by atoms with Crippen molar-refractivity contribution < 1.29 is 33.8 Å². The van der Waals surface area contributed by atoms with Gasteiger partial charge in [-0.05, 0) is 63.8 Å². The number of anilines is 2. The first-order valence-electron chi connectivity index (χ1n) is 16.6. The molecule has 1 aromatic carbocycles. The molecule has 2 fully saturated rings. The summed E-state index contributed by atoms with van der Waals surface area (Å²) in [7, 11) is 0. The van der Waals surface area contributed by atoms with Gasteiger partial charge in [-0.3, -0.25) is 19.2 Å². The van der Waals surface area contributed by atoms with Crippen LogP contribution in [0.4, 0.5) is 11.4 Å². The van der Waals surface area contributed by atoms with Gasteiger partial charge in [-0.1, -0.05) is 38.2 Å². The van der Waals surface area contributed by atoms with Crippen molar-refractivity contribution in [2.75, 3.05) is 42.6 Å². The second-order valence-electron chi connectivity index (χ2n) is 13.1. The predicted octanol–water partition coefficient (Wildman–Crippen LogP) is 2.82. The molecule has 11 heteroatoms. The highest BCUT2D eigenvalue weighted by molar-refractivity contribution is 6.05. The molecule has 250 valence electrons. The number of hydrogen-bond donors (Lipinski definition) is 2. The second-order valence-corrected chi connectivity index (χ2v) is 13.1. The van der Waals surface area contributed by atoms with E-state index in [0.29, 0.717) is 18.5 Å². The highest BCUT2D eigenvalue weighted by atomic mass is 16.6. The van der Waals surface area contributed by atoms with Crippen molar-refractivity contribution in [3.63, 3.8) is 0 Å². The first kappa shape index (κ1) is 33.7. The molecular formula is C35H48N4O7. The first-order valence-corrected chi connectivity index (χ1v) is 16.6. The zero-order valence-electron chi connectivity index (χ0n) is 27.6. The van der Waals surface area contributed by atoms with Gasteiger partial charge < -0.3 is 34.6 Å². The Kier molecular flexibility index (Phi) is 10.2. The highest BCUT2D eigenvalue weighted by Gasteiger charge is 2.72. The molecule has 4 heterocycles. The second kappa shape index (κ2) is 14.0. The Labute approximate surface area is 271 Å². The number of benzene rings is 1. The van der Waals surface area contributed by atoms with Crippen LogP contribution in [-0.4, -0.2) is 96.4 Å². The van der Waals surface area contributed by atoms with Crippen LogP contribution in [0.2, 0.25) is 0 Å². The maximum absolute atomic E-state index is 14.8. The Morgan fingerprint density at radius 3 is 2.43 bits per heavy atom. The van der Waals surface area contributed by atoms with Gasteiger partial charge in [0.15, 0.2) is 0 Å². The molecule has 0 unspecified atom stereocenters. The number of nitrogens with one attached hydrogen (secondary N) is 1. The van der Waals surface area contributed by atoms with E-state index in [2.05, 4.69) is 24.1 Å². The molecule has 7 atom stereocenters. The number of cyclic esters (lactones) is 1. The number of rotatable bonds is 8. The van der Waals surface area contributed by atoms with E-state index in [1.165, 1.54) is 4.90 Å². The molecule has 46 heavy (non-hydrogen) atoms. The monoisotopic (exact) mass is 636 g/mol. The number of likely N-dealkylation sites (tertiary alicyclic amines) is 1. The lowest BCUT2D eigenvalue weighted by molar-refractivity contribution is -0.159. The molecule has 1 aromatic rings. The predicted molar refractivity (Wildman–Crippen MR) is 174 cm³/mol. The van der Waals surface area contributed by atoms with E-state index in [1.807, 2.05) is 44.2 Å². The summed E-state index contributed by atoms with van der Waals surface area (Å²) in [5.74, 6) is -3.46. The van der Waals surface area contributed by atoms with Crippen molar-refractivity contribution in [2.24, 2.45) is 17.8 Å². The number of fused-ring (bicyclic) bond motifs is 2. The number of aliphatic hydroxyl groups is 1. The van der Waals surface area contributed by atoms with E-state index in [4.69, 9.17) is 9.47 Å². The van der Waals surface area contributed by atoms with E-state index in [1.54, 1.807) is 30.1 Å². The van der Waals surface area contributed by atoms with Crippen molar-refractivity contribution in [1.29, 1.82) is 0 Å². The molecule has 5 rings (SSSR count). The molecule has 2 saturated heterocycles. The van der Waals surface area contributed by atoms with Gasteiger partial charge >= 0.3 is 5.97 Å². The molecule has 0 bridgehead atoms. The Morgan fingerprint density at radius 2 is 1.78 bits per heavy atom. The summed E-state index contributed by atoms with van der Waals surface area (Å²) in [4.78, 5) is 60.9. The third-order valence-electron chi connectivity index (χ3n) is 9.61. The fourth-order valence-corrected chi connectivity index (χ4v) is 7.48. The quantitative estimate of drug-likeness (QED) is 0.330. The molecule has 2 N–H and O–H groups in total. The zero-order chi connectivity index (χ0) is 33.2. The van der Waals surface area contributed by atoms with Crippen LogP contribution in [0.1, 0.15) is 53.9 Å². The Morgan fingerprint density at radius 1 is 1.07 bits per heavy atom. The van der Waals surface area contributed by atoms with E-state index in [-0.39, 0.29) is 43.8 Å². The van der Waals surface area contributed by atoms with Gasteiger partial charge in [0.2, 0.25) is 11.8 Å². The molecule has 11 nitrogen and oxygen atoms in total. The molecule has 1 spiro atoms. The van der Waals surface area contributed by atoms with Gasteiger partial charge in [0, 0.05) is 37.4 Å². The van der Waals surface area contributed by atoms with Crippen molar-refractivity contribution >= 4 is 35.1 Å². The lowest BCUT2D eigenvalue weighted by Crippen LogP contribution is -2.58. The van der Waals surface area contributed by atoms with E-state index >= 15 is 0 Å². The van der Waals surface area contributed by atoms with Crippen molar-refractivity contribution in [1.82, 2.24) is 10.2 Å². The maximum atomic E-state index is 14.8. The van der Waals surface area contributed by atoms with Crippen LogP contribution in [0, 0.1) is 17.8 Å². The fraction of sp³-hybridized carbons (Fsp3) is 0.600. The minimum absolute atomic E-state index is 0.125. The molecule has 3 amide bonds. The average molecular weight is 637 g/mol. The van der Waals surface area contributed by atoms with Crippen LogP contribution in [-0.2, 0) is 28.7 Å². The van der Waals surface area contributed by atoms with Gasteiger partial charge in [-0.2, -0.15) is 0 Å². The van der Waals surface area contributed by atoms with Crippen LogP contribution in [0.5, 0.6) is 0 Å². The average Bonchev–Trinajstić information content (AvgIpc) is 3.42. The number of ether oxygens (including phenoxy) is 2. The SMILES string of the molecule is CCN(CC)c1ccc(N2CC=C[C@@]34O[C@H]5/C=C\CCC(=O)NC[C@H](C)OC(=O)[C@H]5[C@@H]3C(=O)N([C@@H](CO)CC(C)C)[C@H]4C2=O)cc1. The van der Waals surface area contributed by atoms with Crippen molar-refractivity contribution in [2.45, 2.75) is 83.8 Å². The summed E-state index contributed by atoms with van der Waals surface area (Å²) in [6.07, 6.45) is 6.79. The van der Waals surface area contributed by atoms with Crippen LogP contribution in [0.3, 0.4) is 0 Å². The third-order valence-corrected chi connectivity index (χ3v) is 9.61. The maximum Gasteiger partial charge on any atom is 0.313 e. The van der Waals surface area contributed by atoms with Gasteiger partial charge in [0.1, 0.15) is 23.7 Å². The van der Waals surface area contributed by atoms with Gasteiger partial charge in [0.05, 0.1) is 31.2 Å². The highest BCUT2D eigenvalue weighted by Crippen LogP contribution is 2.54. The fourth-order valence-electron chi connectivity index (χ4n) is 7.48. The van der Waals surface area contributed by atoms with E-state index in [9.17, 15) is 24.3 Å². The van der Waals surface area contributed by atoms with Crippen LogP contribution in [0.15, 0.2) is 48.6 Å². The summed E-state index contributed by atoms with van der Waals surface area (Å²) in [5.41, 5.74) is 0.255. The van der Waals surface area contributed by atoms with Crippen LogP contribution < -0.4 is 15.1 Å².